The van der Waals surface area contributed by atoms with E-state index in [0.29, 0.717) is 0 Å². The topological polar surface area (TPSA) is 60.2 Å². The maximum Gasteiger partial charge on any atom is 0.187 e. The van der Waals surface area contributed by atoms with Gasteiger partial charge in [0, 0.05) is 16.9 Å². The van der Waals surface area contributed by atoms with E-state index in [1.165, 1.54) is 11.3 Å². The average molecular weight is 388 g/mol. The number of aromatic nitrogens is 1. The molecule has 2 heterocycles. The van der Waals surface area contributed by atoms with E-state index in [2.05, 4.69) is 30.3 Å². The molecule has 0 radical (unpaired) electrons. The van der Waals surface area contributed by atoms with Crippen LogP contribution in [0, 0.1) is 11.3 Å². The molecule has 4 rings (SSSR count). The summed E-state index contributed by atoms with van der Waals surface area (Å²) in [5, 5.41) is 22.6. The van der Waals surface area contributed by atoms with Gasteiger partial charge in [0.15, 0.2) is 5.13 Å². The van der Waals surface area contributed by atoms with E-state index in [1.807, 2.05) is 59.7 Å². The van der Waals surface area contributed by atoms with Crippen LogP contribution >= 0.6 is 11.3 Å². The number of hydrogen-bond donors (Lipinski definition) is 1. The van der Waals surface area contributed by atoms with Gasteiger partial charge in [-0.1, -0.05) is 66.7 Å². The van der Waals surface area contributed by atoms with Crippen molar-refractivity contribution in [3.05, 3.63) is 77.2 Å². The fourth-order valence-electron chi connectivity index (χ4n) is 3.82. The lowest BCUT2D eigenvalue weighted by atomic mass is 9.76. The minimum absolute atomic E-state index is 0.0142. The van der Waals surface area contributed by atoms with E-state index >= 15 is 0 Å². The molecule has 1 fully saturated rings. The lowest BCUT2D eigenvalue weighted by molar-refractivity contribution is 0.187. The molecule has 1 aliphatic rings. The van der Waals surface area contributed by atoms with Gasteiger partial charge in [-0.2, -0.15) is 5.26 Å². The summed E-state index contributed by atoms with van der Waals surface area (Å²) in [5.74, 6) is -0.0290. The molecule has 1 N–H and O–H groups in total. The monoisotopic (exact) mass is 387 g/mol. The van der Waals surface area contributed by atoms with Crippen LogP contribution in [0.3, 0.4) is 0 Å². The Kier molecular flexibility index (Phi) is 5.25. The summed E-state index contributed by atoms with van der Waals surface area (Å²) in [4.78, 5) is 6.70. The van der Waals surface area contributed by atoms with Gasteiger partial charge in [0.2, 0.25) is 0 Å². The second-order valence-corrected chi connectivity index (χ2v) is 7.64. The summed E-state index contributed by atoms with van der Waals surface area (Å²) in [5.41, 5.74) is 4.16. The van der Waals surface area contributed by atoms with Gasteiger partial charge < -0.3 is 10.0 Å². The van der Waals surface area contributed by atoms with Crippen LogP contribution in [0.1, 0.15) is 24.0 Å². The smallest absolute Gasteiger partial charge is 0.187 e. The van der Waals surface area contributed by atoms with Crippen molar-refractivity contribution in [2.75, 3.05) is 11.5 Å². The molecule has 0 spiro atoms. The van der Waals surface area contributed by atoms with E-state index in [-0.39, 0.29) is 24.6 Å². The van der Waals surface area contributed by atoms with E-state index in [9.17, 15) is 10.4 Å². The number of rotatable bonds is 5. The SMILES string of the molecule is C/C=C/c1ccc([C@H]2[C@@H](C#N)N(c3nc(-c4ccccc4)cs3)[C@H]2CO)cc1. The molecule has 0 amide bonds. The molecule has 0 aliphatic carbocycles. The summed E-state index contributed by atoms with van der Waals surface area (Å²) < 4.78 is 0. The van der Waals surface area contributed by atoms with E-state index < -0.39 is 0 Å². The number of anilines is 1. The van der Waals surface area contributed by atoms with Crippen LogP contribution < -0.4 is 4.90 Å². The molecule has 1 aromatic heterocycles. The van der Waals surface area contributed by atoms with Crippen molar-refractivity contribution in [3.8, 4) is 17.3 Å². The minimum atomic E-state index is -0.334. The van der Waals surface area contributed by atoms with Gasteiger partial charge in [0.1, 0.15) is 6.04 Å². The van der Waals surface area contributed by atoms with Crippen molar-refractivity contribution in [2.45, 2.75) is 24.9 Å². The molecule has 140 valence electrons. The number of aliphatic hydroxyl groups excluding tert-OH is 1. The highest BCUT2D eigenvalue weighted by Crippen LogP contribution is 2.45. The summed E-state index contributed by atoms with van der Waals surface area (Å²) in [6.07, 6.45) is 4.05. The van der Waals surface area contributed by atoms with Gasteiger partial charge in [-0.15, -0.1) is 11.3 Å². The molecular formula is C23H21N3OS. The zero-order valence-electron chi connectivity index (χ0n) is 15.6. The van der Waals surface area contributed by atoms with Crippen molar-refractivity contribution in [1.82, 2.24) is 4.98 Å². The first-order chi connectivity index (χ1) is 13.8. The third-order valence-corrected chi connectivity index (χ3v) is 6.05. The third kappa shape index (κ3) is 3.22. The predicted molar refractivity (Wildman–Crippen MR) is 114 cm³/mol. The summed E-state index contributed by atoms with van der Waals surface area (Å²) in [6.45, 7) is 1.97. The molecule has 0 bridgehead atoms. The van der Waals surface area contributed by atoms with Crippen LogP contribution in [0.5, 0.6) is 0 Å². The van der Waals surface area contributed by atoms with Crippen molar-refractivity contribution >= 4 is 22.5 Å². The van der Waals surface area contributed by atoms with Crippen LogP contribution in [0.15, 0.2) is 66.1 Å². The molecular weight excluding hydrogens is 366 g/mol. The standard InChI is InChI=1S/C23H21N3OS/c1-2-6-16-9-11-18(12-10-16)22-20(13-24)26(21(22)14-27)23-25-19(15-28-23)17-7-4-3-5-8-17/h2-12,15,20-22,27H,14H2,1H3/b6-2+/t20-,21+,22+/m1/s1. The van der Waals surface area contributed by atoms with Crippen LogP contribution in [0.4, 0.5) is 5.13 Å². The minimum Gasteiger partial charge on any atom is -0.394 e. The fraction of sp³-hybridized carbons (Fsp3) is 0.217. The molecule has 3 aromatic rings. The molecule has 1 aliphatic heterocycles. The van der Waals surface area contributed by atoms with E-state index in [0.717, 1.165) is 27.5 Å². The van der Waals surface area contributed by atoms with Gasteiger partial charge in [-0.25, -0.2) is 4.98 Å². The number of nitriles is 1. The van der Waals surface area contributed by atoms with Crippen molar-refractivity contribution < 1.29 is 5.11 Å². The first-order valence-corrected chi connectivity index (χ1v) is 10.2. The number of hydrogen-bond acceptors (Lipinski definition) is 5. The molecule has 0 saturated carbocycles. The molecule has 3 atom stereocenters. The summed E-state index contributed by atoms with van der Waals surface area (Å²) >= 11 is 1.52. The molecule has 2 aromatic carbocycles. The second-order valence-electron chi connectivity index (χ2n) is 6.80. The van der Waals surface area contributed by atoms with Crippen molar-refractivity contribution in [1.29, 1.82) is 5.26 Å². The number of benzene rings is 2. The quantitative estimate of drug-likeness (QED) is 0.689. The van der Waals surface area contributed by atoms with Crippen LogP contribution in [0.2, 0.25) is 0 Å². The number of nitrogens with zero attached hydrogens (tertiary/aromatic N) is 3. The number of aliphatic hydroxyl groups is 1. The highest BCUT2D eigenvalue weighted by molar-refractivity contribution is 7.14. The lowest BCUT2D eigenvalue weighted by Gasteiger charge is -2.51. The van der Waals surface area contributed by atoms with E-state index in [4.69, 9.17) is 4.98 Å². The molecule has 28 heavy (non-hydrogen) atoms. The maximum atomic E-state index is 10.0. The molecule has 0 unspecified atom stereocenters. The van der Waals surface area contributed by atoms with Gasteiger partial charge in [-0.05, 0) is 18.1 Å². The Balaban J connectivity index is 1.61. The number of thiazole rings is 1. The van der Waals surface area contributed by atoms with Gasteiger partial charge in [0.25, 0.3) is 0 Å². The predicted octanol–water partition coefficient (Wildman–Crippen LogP) is 4.70. The Morgan fingerprint density at radius 1 is 1.18 bits per heavy atom. The highest BCUT2D eigenvalue weighted by Gasteiger charge is 2.50. The summed E-state index contributed by atoms with van der Waals surface area (Å²) in [6, 6.07) is 20.2. The Bertz CT molecular complexity index is 1000. The normalized spacial score (nSPS) is 21.5. The highest BCUT2D eigenvalue weighted by atomic mass is 32.1. The Labute approximate surface area is 169 Å². The molecule has 5 heteroatoms. The second kappa shape index (κ2) is 7.97. The Morgan fingerprint density at radius 3 is 2.57 bits per heavy atom. The van der Waals surface area contributed by atoms with Crippen molar-refractivity contribution in [3.63, 3.8) is 0 Å². The summed E-state index contributed by atoms with van der Waals surface area (Å²) in [7, 11) is 0. The van der Waals surface area contributed by atoms with Crippen LogP contribution in [-0.2, 0) is 0 Å². The maximum absolute atomic E-state index is 10.0. The van der Waals surface area contributed by atoms with Gasteiger partial charge in [0.05, 0.1) is 24.4 Å². The van der Waals surface area contributed by atoms with Crippen LogP contribution in [-0.4, -0.2) is 28.8 Å². The average Bonchev–Trinajstić information content (AvgIpc) is 3.19. The largest absolute Gasteiger partial charge is 0.394 e. The zero-order chi connectivity index (χ0) is 19.5. The first kappa shape index (κ1) is 18.4. The third-order valence-electron chi connectivity index (χ3n) is 5.19. The molecule has 1 saturated heterocycles. The Hall–Kier alpha value is -2.94. The fourth-order valence-corrected chi connectivity index (χ4v) is 4.74. The lowest BCUT2D eigenvalue weighted by Crippen LogP contribution is -2.63. The zero-order valence-corrected chi connectivity index (χ0v) is 16.4. The first-order valence-electron chi connectivity index (χ1n) is 9.29. The van der Waals surface area contributed by atoms with Crippen molar-refractivity contribution in [2.24, 2.45) is 0 Å². The van der Waals surface area contributed by atoms with Gasteiger partial charge in [-0.3, -0.25) is 0 Å². The van der Waals surface area contributed by atoms with E-state index in [1.54, 1.807) is 0 Å². The number of allylic oxidation sites excluding steroid dienone is 1. The van der Waals surface area contributed by atoms with Crippen LogP contribution in [0.25, 0.3) is 17.3 Å². The molecule has 4 nitrogen and oxygen atoms in total. The van der Waals surface area contributed by atoms with Gasteiger partial charge >= 0.3 is 0 Å². The Morgan fingerprint density at radius 2 is 1.93 bits per heavy atom.